The summed E-state index contributed by atoms with van der Waals surface area (Å²) in [4.78, 5) is 13.7. The number of rotatable bonds is 3. The molecule has 1 amide bonds. The molecule has 4 nitrogen and oxygen atoms in total. The zero-order valence-electron chi connectivity index (χ0n) is 11.8. The number of anilines is 1. The monoisotopic (exact) mass is 346 g/mol. The number of furan rings is 1. The van der Waals surface area contributed by atoms with Gasteiger partial charge in [0.1, 0.15) is 0 Å². The summed E-state index contributed by atoms with van der Waals surface area (Å²) in [5.41, 5.74) is 2.04. The van der Waals surface area contributed by atoms with Gasteiger partial charge in [-0.15, -0.1) is 0 Å². The van der Waals surface area contributed by atoms with Crippen molar-refractivity contribution >= 4 is 27.5 Å². The number of carbonyl (C=O) groups excluding carboxylic acids is 1. The Morgan fingerprint density at radius 2 is 1.95 bits per heavy atom. The van der Waals surface area contributed by atoms with Crippen LogP contribution in [0.1, 0.15) is 16.1 Å². The van der Waals surface area contributed by atoms with Gasteiger partial charge in [-0.2, -0.15) is 0 Å². The van der Waals surface area contributed by atoms with Crippen molar-refractivity contribution in [3.05, 3.63) is 52.4 Å². The lowest BCUT2D eigenvalue weighted by atomic mass is 10.2. The van der Waals surface area contributed by atoms with Crippen LogP contribution in [0, 0.1) is 11.8 Å². The second-order valence-corrected chi connectivity index (χ2v) is 5.31. The molecule has 5 heteroatoms. The summed E-state index contributed by atoms with van der Waals surface area (Å²) >= 11 is 3.15. The number of nitrogens with zero attached hydrogens (tertiary/aromatic N) is 1. The molecule has 1 heterocycles. The lowest BCUT2D eigenvalue weighted by molar-refractivity contribution is 0.0930. The summed E-state index contributed by atoms with van der Waals surface area (Å²) < 4.78 is 5.68. The van der Waals surface area contributed by atoms with E-state index in [1.54, 1.807) is 12.1 Å². The van der Waals surface area contributed by atoms with Gasteiger partial charge in [0.15, 0.2) is 10.4 Å². The van der Waals surface area contributed by atoms with E-state index in [2.05, 4.69) is 33.1 Å². The number of hydrogen-bond donors (Lipinski definition) is 1. The largest absolute Gasteiger partial charge is 0.444 e. The molecule has 0 saturated carbocycles. The highest BCUT2D eigenvalue weighted by atomic mass is 79.9. The maximum absolute atomic E-state index is 11.7. The highest BCUT2D eigenvalue weighted by Crippen LogP contribution is 2.13. The number of nitrogens with one attached hydrogen (secondary N) is 1. The fourth-order valence-corrected chi connectivity index (χ4v) is 1.94. The van der Waals surface area contributed by atoms with Gasteiger partial charge >= 0.3 is 0 Å². The molecule has 21 heavy (non-hydrogen) atoms. The number of carbonyl (C=O) groups is 1. The van der Waals surface area contributed by atoms with E-state index in [0.717, 1.165) is 11.3 Å². The zero-order chi connectivity index (χ0) is 15.2. The molecule has 1 N–H and O–H groups in total. The van der Waals surface area contributed by atoms with Crippen LogP contribution >= 0.6 is 15.9 Å². The van der Waals surface area contributed by atoms with Crippen molar-refractivity contribution < 1.29 is 9.21 Å². The Bertz CT molecular complexity index is 678. The molecule has 0 aliphatic rings. The van der Waals surface area contributed by atoms with Crippen LogP contribution in [0.5, 0.6) is 0 Å². The normalized spacial score (nSPS) is 9.67. The third kappa shape index (κ3) is 4.40. The second-order valence-electron chi connectivity index (χ2n) is 4.53. The van der Waals surface area contributed by atoms with Crippen LogP contribution in [0.4, 0.5) is 5.69 Å². The SMILES string of the molecule is CN(C)c1ccc(C#CCNC(=O)c2ccc(Br)o2)cc1. The van der Waals surface area contributed by atoms with Gasteiger partial charge in [-0.3, -0.25) is 4.79 Å². The van der Waals surface area contributed by atoms with E-state index >= 15 is 0 Å². The van der Waals surface area contributed by atoms with E-state index < -0.39 is 0 Å². The Hall–Kier alpha value is -2.19. The quantitative estimate of drug-likeness (QED) is 0.869. The van der Waals surface area contributed by atoms with Crippen molar-refractivity contribution in [1.82, 2.24) is 5.32 Å². The average Bonchev–Trinajstić information content (AvgIpc) is 2.90. The van der Waals surface area contributed by atoms with Crippen LogP contribution in [-0.4, -0.2) is 26.5 Å². The van der Waals surface area contributed by atoms with Gasteiger partial charge in [0.05, 0.1) is 6.54 Å². The van der Waals surface area contributed by atoms with Crippen molar-refractivity contribution in [2.45, 2.75) is 0 Å². The van der Waals surface area contributed by atoms with E-state index in [4.69, 9.17) is 4.42 Å². The Balaban J connectivity index is 1.87. The highest BCUT2D eigenvalue weighted by Gasteiger charge is 2.08. The number of hydrogen-bond acceptors (Lipinski definition) is 3. The standard InChI is InChI=1S/C16H15BrN2O2/c1-19(2)13-7-5-12(6-8-13)4-3-11-18-16(20)14-9-10-15(17)21-14/h5-10H,11H2,1-2H3,(H,18,20). The second kappa shape index (κ2) is 7.00. The Kier molecular flexibility index (Phi) is 5.07. The molecule has 0 bridgehead atoms. The third-order valence-electron chi connectivity index (χ3n) is 2.75. The summed E-state index contributed by atoms with van der Waals surface area (Å²) in [6, 6.07) is 11.2. The molecule has 0 saturated heterocycles. The maximum Gasteiger partial charge on any atom is 0.287 e. The molecule has 1 aromatic carbocycles. The molecular weight excluding hydrogens is 332 g/mol. The third-order valence-corrected chi connectivity index (χ3v) is 3.18. The summed E-state index contributed by atoms with van der Waals surface area (Å²) in [7, 11) is 3.98. The van der Waals surface area contributed by atoms with Gasteiger partial charge in [0, 0.05) is 25.3 Å². The van der Waals surface area contributed by atoms with E-state index in [9.17, 15) is 4.79 Å². The van der Waals surface area contributed by atoms with Gasteiger partial charge in [-0.25, -0.2) is 0 Å². The average molecular weight is 347 g/mol. The molecule has 0 radical (unpaired) electrons. The predicted molar refractivity (Wildman–Crippen MR) is 86.4 cm³/mol. The van der Waals surface area contributed by atoms with Crippen LogP contribution in [0.3, 0.4) is 0 Å². The molecule has 0 unspecified atom stereocenters. The molecule has 1 aromatic heterocycles. The minimum Gasteiger partial charge on any atom is -0.444 e. The molecule has 2 rings (SSSR count). The maximum atomic E-state index is 11.7. The molecule has 0 spiro atoms. The van der Waals surface area contributed by atoms with Gasteiger partial charge < -0.3 is 14.6 Å². The number of halogens is 1. The van der Waals surface area contributed by atoms with E-state index in [-0.39, 0.29) is 18.2 Å². The van der Waals surface area contributed by atoms with Gasteiger partial charge in [0.2, 0.25) is 0 Å². The molecule has 2 aromatic rings. The fourth-order valence-electron chi connectivity index (χ4n) is 1.64. The Morgan fingerprint density at radius 3 is 2.52 bits per heavy atom. The molecule has 108 valence electrons. The lowest BCUT2D eigenvalue weighted by Crippen LogP contribution is -2.22. The van der Waals surface area contributed by atoms with E-state index in [0.29, 0.717) is 4.67 Å². The van der Waals surface area contributed by atoms with Crippen LogP contribution in [0.15, 0.2) is 45.5 Å². The van der Waals surface area contributed by atoms with Gasteiger partial charge in [0.25, 0.3) is 5.91 Å². The first-order chi connectivity index (χ1) is 10.1. The topological polar surface area (TPSA) is 45.5 Å². The van der Waals surface area contributed by atoms with E-state index in [1.807, 2.05) is 43.3 Å². The smallest absolute Gasteiger partial charge is 0.287 e. The van der Waals surface area contributed by atoms with Crippen LogP contribution in [0.2, 0.25) is 0 Å². The molecule has 0 atom stereocenters. The van der Waals surface area contributed by atoms with Crippen LogP contribution in [0.25, 0.3) is 0 Å². The predicted octanol–water partition coefficient (Wildman–Crippen LogP) is 2.89. The van der Waals surface area contributed by atoms with Crippen molar-refractivity contribution in [2.75, 3.05) is 25.5 Å². The number of amides is 1. The number of benzene rings is 1. The minimum atomic E-state index is -0.280. The summed E-state index contributed by atoms with van der Waals surface area (Å²) in [6.45, 7) is 0.270. The molecule has 0 fully saturated rings. The first-order valence-corrected chi connectivity index (χ1v) is 7.15. The first-order valence-electron chi connectivity index (χ1n) is 6.36. The summed E-state index contributed by atoms with van der Waals surface area (Å²) in [5, 5.41) is 2.68. The highest BCUT2D eigenvalue weighted by molar-refractivity contribution is 9.10. The first kappa shape index (κ1) is 15.2. The Morgan fingerprint density at radius 1 is 1.24 bits per heavy atom. The summed E-state index contributed by atoms with van der Waals surface area (Å²) in [5.74, 6) is 5.89. The van der Waals surface area contributed by atoms with Crippen molar-refractivity contribution in [3.63, 3.8) is 0 Å². The van der Waals surface area contributed by atoms with Crippen molar-refractivity contribution in [2.24, 2.45) is 0 Å². The van der Waals surface area contributed by atoms with Crippen molar-refractivity contribution in [1.29, 1.82) is 0 Å². The summed E-state index contributed by atoms with van der Waals surface area (Å²) in [6.07, 6.45) is 0. The van der Waals surface area contributed by atoms with Crippen molar-refractivity contribution in [3.8, 4) is 11.8 Å². The Labute approximate surface area is 132 Å². The molecule has 0 aliphatic heterocycles. The zero-order valence-corrected chi connectivity index (χ0v) is 13.4. The van der Waals surface area contributed by atoms with Crippen LogP contribution < -0.4 is 10.2 Å². The van der Waals surface area contributed by atoms with Crippen LogP contribution in [-0.2, 0) is 0 Å². The molecular formula is C16H15BrN2O2. The lowest BCUT2D eigenvalue weighted by Gasteiger charge is -2.11. The molecule has 0 aliphatic carbocycles. The fraction of sp³-hybridized carbons (Fsp3) is 0.188. The van der Waals surface area contributed by atoms with E-state index in [1.165, 1.54) is 0 Å². The van der Waals surface area contributed by atoms with Gasteiger partial charge in [-0.05, 0) is 52.3 Å². The minimum absolute atomic E-state index is 0.263. The van der Waals surface area contributed by atoms with Gasteiger partial charge in [-0.1, -0.05) is 11.8 Å².